The summed E-state index contributed by atoms with van der Waals surface area (Å²) in [5, 5.41) is 0. The summed E-state index contributed by atoms with van der Waals surface area (Å²) in [6, 6.07) is 20.0. The van der Waals surface area contributed by atoms with Gasteiger partial charge in [-0.2, -0.15) is 13.2 Å². The van der Waals surface area contributed by atoms with Gasteiger partial charge < -0.3 is 14.2 Å². The average molecular weight is 473 g/mol. The van der Waals surface area contributed by atoms with Gasteiger partial charge in [0, 0.05) is 5.56 Å². The standard InChI is InChI=1S/C28H31F3O3/c1-26(2,3)33-22-12-7-19(8-13-22)21-11-16-24(25(17-21)32-18-28(29,30)31)20-9-14-23(15-10-20)34-27(4,5)6/h7-17H,18H2,1-6H3. The van der Waals surface area contributed by atoms with Crippen molar-refractivity contribution in [1.29, 1.82) is 0 Å². The Hall–Kier alpha value is -3.15. The van der Waals surface area contributed by atoms with Crippen molar-refractivity contribution < 1.29 is 27.4 Å². The second kappa shape index (κ2) is 9.61. The molecule has 0 radical (unpaired) electrons. The highest BCUT2D eigenvalue weighted by Crippen LogP contribution is 2.37. The Morgan fingerprint density at radius 2 is 1.03 bits per heavy atom. The van der Waals surface area contributed by atoms with E-state index in [9.17, 15) is 13.2 Å². The Bertz CT molecular complexity index is 1090. The van der Waals surface area contributed by atoms with E-state index in [1.807, 2.05) is 84.0 Å². The van der Waals surface area contributed by atoms with E-state index < -0.39 is 12.8 Å². The van der Waals surface area contributed by atoms with Crippen LogP contribution in [0.25, 0.3) is 22.3 Å². The first-order valence-electron chi connectivity index (χ1n) is 11.1. The van der Waals surface area contributed by atoms with E-state index in [1.54, 1.807) is 24.3 Å². The summed E-state index contributed by atoms with van der Waals surface area (Å²) in [7, 11) is 0. The van der Waals surface area contributed by atoms with Gasteiger partial charge in [0.25, 0.3) is 0 Å². The number of hydrogen-bond donors (Lipinski definition) is 0. The number of halogens is 3. The molecule has 0 atom stereocenters. The number of hydrogen-bond acceptors (Lipinski definition) is 3. The maximum Gasteiger partial charge on any atom is 0.422 e. The van der Waals surface area contributed by atoms with Crippen LogP contribution in [0.15, 0.2) is 66.7 Å². The average Bonchev–Trinajstić information content (AvgIpc) is 2.70. The molecule has 0 fully saturated rings. The Kier molecular flexibility index (Phi) is 7.20. The second-order valence-electron chi connectivity index (χ2n) is 10.1. The first-order valence-corrected chi connectivity index (χ1v) is 11.1. The summed E-state index contributed by atoms with van der Waals surface area (Å²) in [6.07, 6.45) is -4.44. The summed E-state index contributed by atoms with van der Waals surface area (Å²) in [4.78, 5) is 0. The third-order valence-electron chi connectivity index (χ3n) is 4.57. The van der Waals surface area contributed by atoms with Gasteiger partial charge in [-0.3, -0.25) is 0 Å². The lowest BCUT2D eigenvalue weighted by Crippen LogP contribution is -2.22. The van der Waals surface area contributed by atoms with E-state index >= 15 is 0 Å². The van der Waals surface area contributed by atoms with E-state index in [2.05, 4.69) is 0 Å². The van der Waals surface area contributed by atoms with Crippen molar-refractivity contribution in [3.05, 3.63) is 66.7 Å². The lowest BCUT2D eigenvalue weighted by molar-refractivity contribution is -0.153. The third-order valence-corrected chi connectivity index (χ3v) is 4.57. The molecule has 0 aliphatic carbocycles. The molecule has 0 saturated heterocycles. The SMILES string of the molecule is CC(C)(C)Oc1ccc(-c2ccc(-c3ccc(OC(C)(C)C)cc3)c(OCC(F)(F)F)c2)cc1. The minimum absolute atomic E-state index is 0.161. The minimum Gasteiger partial charge on any atom is -0.488 e. The largest absolute Gasteiger partial charge is 0.488 e. The van der Waals surface area contributed by atoms with Crippen molar-refractivity contribution in [1.82, 2.24) is 0 Å². The van der Waals surface area contributed by atoms with Crippen LogP contribution in [-0.2, 0) is 0 Å². The van der Waals surface area contributed by atoms with E-state index in [0.717, 1.165) is 22.4 Å². The van der Waals surface area contributed by atoms with Crippen molar-refractivity contribution in [3.63, 3.8) is 0 Å². The quantitative estimate of drug-likeness (QED) is 0.361. The maximum absolute atomic E-state index is 12.9. The molecule has 0 aliphatic heterocycles. The molecule has 0 unspecified atom stereocenters. The first kappa shape index (κ1) is 25.5. The van der Waals surface area contributed by atoms with Crippen molar-refractivity contribution in [2.75, 3.05) is 6.61 Å². The Balaban J connectivity index is 1.93. The van der Waals surface area contributed by atoms with Crippen molar-refractivity contribution >= 4 is 0 Å². The summed E-state index contributed by atoms with van der Waals surface area (Å²) in [5.74, 6) is 1.57. The molecular formula is C28H31F3O3. The number of ether oxygens (including phenoxy) is 3. The fraction of sp³-hybridized carbons (Fsp3) is 0.357. The van der Waals surface area contributed by atoms with Crippen LogP contribution in [0.2, 0.25) is 0 Å². The Morgan fingerprint density at radius 3 is 1.47 bits per heavy atom. The van der Waals surface area contributed by atoms with Gasteiger partial charge in [0.1, 0.15) is 28.5 Å². The number of benzene rings is 3. The van der Waals surface area contributed by atoms with Gasteiger partial charge in [-0.05, 0) is 88.6 Å². The molecule has 0 N–H and O–H groups in total. The molecular weight excluding hydrogens is 441 g/mol. The van der Waals surface area contributed by atoms with Gasteiger partial charge in [0.2, 0.25) is 0 Å². The topological polar surface area (TPSA) is 27.7 Å². The summed E-state index contributed by atoms with van der Waals surface area (Å²) in [6.45, 7) is 10.4. The molecule has 34 heavy (non-hydrogen) atoms. The van der Waals surface area contributed by atoms with Crippen LogP contribution in [0, 0.1) is 0 Å². The molecule has 3 aromatic rings. The van der Waals surface area contributed by atoms with Crippen molar-refractivity contribution in [3.8, 4) is 39.5 Å². The molecule has 0 saturated carbocycles. The van der Waals surface area contributed by atoms with Crippen LogP contribution < -0.4 is 14.2 Å². The van der Waals surface area contributed by atoms with E-state index in [1.165, 1.54) is 0 Å². The first-order chi connectivity index (χ1) is 15.7. The summed E-state index contributed by atoms with van der Waals surface area (Å²) < 4.78 is 55.7. The predicted octanol–water partition coefficient (Wildman–Crippen LogP) is 8.32. The van der Waals surface area contributed by atoms with Crippen LogP contribution in [-0.4, -0.2) is 24.0 Å². The molecule has 6 heteroatoms. The smallest absolute Gasteiger partial charge is 0.422 e. The Morgan fingerprint density at radius 1 is 0.588 bits per heavy atom. The highest BCUT2D eigenvalue weighted by Gasteiger charge is 2.29. The maximum atomic E-state index is 12.9. The molecule has 3 aromatic carbocycles. The van der Waals surface area contributed by atoms with Gasteiger partial charge >= 0.3 is 6.18 Å². The van der Waals surface area contributed by atoms with E-state index in [-0.39, 0.29) is 17.0 Å². The molecule has 182 valence electrons. The van der Waals surface area contributed by atoms with Crippen molar-refractivity contribution in [2.45, 2.75) is 58.9 Å². The van der Waals surface area contributed by atoms with E-state index in [4.69, 9.17) is 14.2 Å². The fourth-order valence-corrected chi connectivity index (χ4v) is 3.34. The predicted molar refractivity (Wildman–Crippen MR) is 130 cm³/mol. The minimum atomic E-state index is -4.44. The molecule has 0 bridgehead atoms. The van der Waals surface area contributed by atoms with Gasteiger partial charge in [-0.15, -0.1) is 0 Å². The van der Waals surface area contributed by atoms with Crippen LogP contribution in [0.5, 0.6) is 17.2 Å². The highest BCUT2D eigenvalue weighted by atomic mass is 19.4. The summed E-state index contributed by atoms with van der Waals surface area (Å²) >= 11 is 0. The molecule has 3 nitrogen and oxygen atoms in total. The molecule has 0 aliphatic rings. The molecule has 3 rings (SSSR count). The second-order valence-corrected chi connectivity index (χ2v) is 10.1. The van der Waals surface area contributed by atoms with Gasteiger partial charge in [0.05, 0.1) is 0 Å². The third kappa shape index (κ3) is 7.72. The monoisotopic (exact) mass is 472 g/mol. The van der Waals surface area contributed by atoms with Crippen LogP contribution in [0.3, 0.4) is 0 Å². The van der Waals surface area contributed by atoms with E-state index in [0.29, 0.717) is 11.3 Å². The number of alkyl halides is 3. The van der Waals surface area contributed by atoms with Gasteiger partial charge in [-0.25, -0.2) is 0 Å². The van der Waals surface area contributed by atoms with Crippen LogP contribution in [0.4, 0.5) is 13.2 Å². The Labute approximate surface area is 199 Å². The normalized spacial score (nSPS) is 12.4. The van der Waals surface area contributed by atoms with Crippen LogP contribution in [0.1, 0.15) is 41.5 Å². The fourth-order valence-electron chi connectivity index (χ4n) is 3.34. The zero-order valence-electron chi connectivity index (χ0n) is 20.4. The highest BCUT2D eigenvalue weighted by molar-refractivity contribution is 5.76. The summed E-state index contributed by atoms with van der Waals surface area (Å²) in [5.41, 5.74) is 2.23. The molecule has 0 heterocycles. The molecule has 0 spiro atoms. The molecule has 0 amide bonds. The zero-order chi connectivity index (χ0) is 25.1. The van der Waals surface area contributed by atoms with Gasteiger partial charge in [0.15, 0.2) is 6.61 Å². The lowest BCUT2D eigenvalue weighted by Gasteiger charge is -2.22. The zero-order valence-corrected chi connectivity index (χ0v) is 20.4. The molecule has 0 aromatic heterocycles. The van der Waals surface area contributed by atoms with Gasteiger partial charge in [-0.1, -0.05) is 36.4 Å². The van der Waals surface area contributed by atoms with Crippen LogP contribution >= 0.6 is 0 Å². The lowest BCUT2D eigenvalue weighted by atomic mass is 9.99. The van der Waals surface area contributed by atoms with Crippen molar-refractivity contribution in [2.24, 2.45) is 0 Å². The number of rotatable bonds is 6.